The molecule has 0 radical (unpaired) electrons. The number of amides is 3. The number of imide groups is 1. The van der Waals surface area contributed by atoms with E-state index >= 15 is 0 Å². The minimum absolute atomic E-state index is 0.00581. The third-order valence-electron chi connectivity index (χ3n) is 3.31. The minimum atomic E-state index is -1.04. The van der Waals surface area contributed by atoms with Crippen LogP contribution in [0.25, 0.3) is 0 Å². The first-order valence-electron chi connectivity index (χ1n) is 7.55. The van der Waals surface area contributed by atoms with Crippen molar-refractivity contribution >= 4 is 35.6 Å². The largest absolute Gasteiger partial charge is 0.445 e. The molecule has 1 unspecified atom stereocenters. The van der Waals surface area contributed by atoms with Gasteiger partial charge in [0.15, 0.2) is 0 Å². The smallest absolute Gasteiger partial charge is 0.408 e. The van der Waals surface area contributed by atoms with Gasteiger partial charge in [0.2, 0.25) is 0 Å². The lowest BCUT2D eigenvalue weighted by molar-refractivity contribution is -0.198. The van der Waals surface area contributed by atoms with E-state index in [-0.39, 0.29) is 25.2 Å². The van der Waals surface area contributed by atoms with E-state index in [0.29, 0.717) is 5.06 Å². The van der Waals surface area contributed by atoms with Crippen LogP contribution in [-0.4, -0.2) is 47.0 Å². The number of carbonyl (C=O) groups excluding carboxylic acids is 4. The van der Waals surface area contributed by atoms with Gasteiger partial charge in [-0.05, 0) is 11.8 Å². The Kier molecular flexibility index (Phi) is 6.81. The van der Waals surface area contributed by atoms with Crippen LogP contribution < -0.4 is 5.32 Å². The Morgan fingerprint density at radius 2 is 1.84 bits per heavy atom. The minimum Gasteiger partial charge on any atom is -0.445 e. The second-order valence-corrected chi connectivity index (χ2v) is 6.12. The zero-order valence-electron chi connectivity index (χ0n) is 13.6. The first-order valence-corrected chi connectivity index (χ1v) is 8.94. The van der Waals surface area contributed by atoms with Gasteiger partial charge in [0.05, 0.1) is 0 Å². The van der Waals surface area contributed by atoms with Crippen LogP contribution in [0.4, 0.5) is 4.79 Å². The molecule has 1 aromatic rings. The van der Waals surface area contributed by atoms with Gasteiger partial charge in [0.25, 0.3) is 11.8 Å². The fraction of sp³-hybridized carbons (Fsp3) is 0.375. The van der Waals surface area contributed by atoms with Gasteiger partial charge < -0.3 is 14.9 Å². The van der Waals surface area contributed by atoms with Gasteiger partial charge in [0, 0.05) is 18.6 Å². The molecule has 1 heterocycles. The summed E-state index contributed by atoms with van der Waals surface area (Å²) in [7, 11) is 0. The van der Waals surface area contributed by atoms with Crippen molar-refractivity contribution in [2.45, 2.75) is 25.5 Å². The van der Waals surface area contributed by atoms with Crippen LogP contribution in [0.3, 0.4) is 0 Å². The molecule has 1 fully saturated rings. The summed E-state index contributed by atoms with van der Waals surface area (Å²) >= 11 is 1.29. The SMILES string of the molecule is CSCC(NC(=O)OCc1ccccc1)C(=O)ON1C(=O)CCC1=O. The van der Waals surface area contributed by atoms with Crippen LogP contribution in [0.1, 0.15) is 18.4 Å². The summed E-state index contributed by atoms with van der Waals surface area (Å²) in [4.78, 5) is 51.8. The number of benzene rings is 1. The average molecular weight is 366 g/mol. The maximum atomic E-state index is 12.1. The fourth-order valence-corrected chi connectivity index (χ4v) is 2.61. The number of hydrogen-bond donors (Lipinski definition) is 1. The Balaban J connectivity index is 1.88. The van der Waals surface area contributed by atoms with Crippen LogP contribution in [0.2, 0.25) is 0 Å². The highest BCUT2D eigenvalue weighted by Gasteiger charge is 2.35. The summed E-state index contributed by atoms with van der Waals surface area (Å²) in [6.45, 7) is 0.0524. The van der Waals surface area contributed by atoms with E-state index in [1.807, 2.05) is 18.2 Å². The van der Waals surface area contributed by atoms with Crippen molar-refractivity contribution in [1.82, 2.24) is 10.4 Å². The van der Waals surface area contributed by atoms with Crippen LogP contribution >= 0.6 is 11.8 Å². The van der Waals surface area contributed by atoms with Crippen molar-refractivity contribution in [1.29, 1.82) is 0 Å². The number of rotatable bonds is 7. The van der Waals surface area contributed by atoms with Crippen LogP contribution in [-0.2, 0) is 30.6 Å². The predicted octanol–water partition coefficient (Wildman–Crippen LogP) is 1.25. The summed E-state index contributed by atoms with van der Waals surface area (Å²) in [5.74, 6) is -1.84. The topological polar surface area (TPSA) is 102 Å². The van der Waals surface area contributed by atoms with Gasteiger partial charge in [-0.2, -0.15) is 11.8 Å². The lowest BCUT2D eigenvalue weighted by Gasteiger charge is -2.19. The fourth-order valence-electron chi connectivity index (χ4n) is 2.05. The van der Waals surface area contributed by atoms with E-state index in [2.05, 4.69) is 5.32 Å². The highest BCUT2D eigenvalue weighted by atomic mass is 32.2. The van der Waals surface area contributed by atoms with Crippen LogP contribution in [0.5, 0.6) is 0 Å². The highest BCUT2D eigenvalue weighted by Crippen LogP contribution is 2.13. The molecular formula is C16H18N2O6S. The molecule has 1 saturated heterocycles. The van der Waals surface area contributed by atoms with Gasteiger partial charge in [-0.3, -0.25) is 9.59 Å². The summed E-state index contributed by atoms with van der Waals surface area (Å²) < 4.78 is 5.05. The summed E-state index contributed by atoms with van der Waals surface area (Å²) in [6.07, 6.45) is 0.958. The summed E-state index contributed by atoms with van der Waals surface area (Å²) in [5.41, 5.74) is 0.801. The molecule has 1 aliphatic rings. The summed E-state index contributed by atoms with van der Waals surface area (Å²) in [5, 5.41) is 2.84. The molecule has 2 rings (SSSR count). The quantitative estimate of drug-likeness (QED) is 0.725. The molecule has 25 heavy (non-hydrogen) atoms. The Hall–Kier alpha value is -2.55. The Morgan fingerprint density at radius 3 is 2.44 bits per heavy atom. The molecular weight excluding hydrogens is 348 g/mol. The summed E-state index contributed by atoms with van der Waals surface area (Å²) in [6, 6.07) is 8.02. The molecule has 0 spiro atoms. The molecule has 0 aliphatic carbocycles. The van der Waals surface area contributed by atoms with Crippen molar-refractivity contribution in [2.75, 3.05) is 12.0 Å². The molecule has 1 N–H and O–H groups in total. The van der Waals surface area contributed by atoms with Gasteiger partial charge in [-0.1, -0.05) is 30.3 Å². The second kappa shape index (κ2) is 9.07. The maximum Gasteiger partial charge on any atom is 0.408 e. The molecule has 0 aromatic heterocycles. The Labute approximate surface area is 148 Å². The number of nitrogens with one attached hydrogen (secondary N) is 1. The van der Waals surface area contributed by atoms with E-state index < -0.39 is 29.9 Å². The molecule has 0 bridgehead atoms. The van der Waals surface area contributed by atoms with Gasteiger partial charge >= 0.3 is 12.1 Å². The van der Waals surface area contributed by atoms with E-state index in [9.17, 15) is 19.2 Å². The predicted molar refractivity (Wildman–Crippen MR) is 89.1 cm³/mol. The number of ether oxygens (including phenoxy) is 1. The zero-order chi connectivity index (χ0) is 18.2. The lowest BCUT2D eigenvalue weighted by Crippen LogP contribution is -2.46. The lowest BCUT2D eigenvalue weighted by atomic mass is 10.2. The molecule has 3 amide bonds. The van der Waals surface area contributed by atoms with E-state index in [1.54, 1.807) is 18.4 Å². The van der Waals surface area contributed by atoms with Crippen molar-refractivity contribution in [3.05, 3.63) is 35.9 Å². The maximum absolute atomic E-state index is 12.1. The first kappa shape index (κ1) is 18.8. The monoisotopic (exact) mass is 366 g/mol. The van der Waals surface area contributed by atoms with Crippen molar-refractivity contribution in [3.63, 3.8) is 0 Å². The Morgan fingerprint density at radius 1 is 1.20 bits per heavy atom. The normalized spacial score (nSPS) is 15.0. The highest BCUT2D eigenvalue weighted by molar-refractivity contribution is 7.98. The van der Waals surface area contributed by atoms with Crippen LogP contribution in [0, 0.1) is 0 Å². The molecule has 1 aromatic carbocycles. The number of alkyl carbamates (subject to hydrolysis) is 1. The molecule has 8 nitrogen and oxygen atoms in total. The van der Waals surface area contributed by atoms with Gasteiger partial charge in [-0.15, -0.1) is 5.06 Å². The van der Waals surface area contributed by atoms with Crippen molar-refractivity contribution in [2.24, 2.45) is 0 Å². The first-order chi connectivity index (χ1) is 12.0. The number of hydroxylamine groups is 2. The number of carbonyl (C=O) groups is 4. The average Bonchev–Trinajstić information content (AvgIpc) is 2.92. The van der Waals surface area contributed by atoms with Gasteiger partial charge in [0.1, 0.15) is 12.6 Å². The standard InChI is InChI=1S/C16H18N2O6S/c1-25-10-12(15(21)24-18-13(19)7-8-14(18)20)17-16(22)23-9-11-5-3-2-4-6-11/h2-6,12H,7-10H2,1H3,(H,17,22). The second-order valence-electron chi connectivity index (χ2n) is 5.21. The molecule has 0 saturated carbocycles. The van der Waals surface area contributed by atoms with Crippen LogP contribution in [0.15, 0.2) is 30.3 Å². The number of thioether (sulfide) groups is 1. The molecule has 1 atom stereocenters. The van der Waals surface area contributed by atoms with Crippen molar-refractivity contribution in [3.8, 4) is 0 Å². The van der Waals surface area contributed by atoms with Crippen molar-refractivity contribution < 1.29 is 28.8 Å². The number of nitrogens with zero attached hydrogens (tertiary/aromatic N) is 1. The number of hydrogen-bond acceptors (Lipinski definition) is 7. The molecule has 134 valence electrons. The molecule has 1 aliphatic heterocycles. The van der Waals surface area contributed by atoms with E-state index in [0.717, 1.165) is 5.56 Å². The third-order valence-corrected chi connectivity index (χ3v) is 3.98. The Bertz CT molecular complexity index is 635. The third kappa shape index (κ3) is 5.49. The van der Waals surface area contributed by atoms with Gasteiger partial charge in [-0.25, -0.2) is 9.59 Å². The van der Waals surface area contributed by atoms with E-state index in [4.69, 9.17) is 9.57 Å². The van der Waals surface area contributed by atoms with E-state index in [1.165, 1.54) is 11.8 Å². The molecule has 9 heteroatoms. The zero-order valence-corrected chi connectivity index (χ0v) is 14.4.